The summed E-state index contributed by atoms with van der Waals surface area (Å²) in [4.78, 5) is 14.4. The van der Waals surface area contributed by atoms with Gasteiger partial charge in [-0.15, -0.1) is 0 Å². The second kappa shape index (κ2) is 5.36. The molecule has 5 nitrogen and oxygen atoms in total. The van der Waals surface area contributed by atoms with E-state index in [4.69, 9.17) is 4.74 Å². The molecule has 0 saturated carbocycles. The highest BCUT2D eigenvalue weighted by molar-refractivity contribution is 9.10. The van der Waals surface area contributed by atoms with Crippen LogP contribution in [0.15, 0.2) is 34.9 Å². The number of non-ortho nitro benzene ring substituents is 1. The van der Waals surface area contributed by atoms with E-state index < -0.39 is 4.92 Å². The third-order valence-electron chi connectivity index (χ3n) is 2.57. The number of hydrogen-bond donors (Lipinski definition) is 0. The van der Waals surface area contributed by atoms with Crippen molar-refractivity contribution in [2.75, 3.05) is 0 Å². The minimum Gasteiger partial charge on any atom is -0.438 e. The standard InChI is InChI=1S/C13H11BrN2O3/c1-8-6-11(16(17)18)3-4-12(8)19-13-9(2)5-10(14)7-15-13/h3-7H,1-2H3. The van der Waals surface area contributed by atoms with Crippen molar-refractivity contribution < 1.29 is 9.66 Å². The van der Waals surface area contributed by atoms with Crippen LogP contribution < -0.4 is 4.74 Å². The van der Waals surface area contributed by atoms with Crippen LogP contribution in [-0.4, -0.2) is 9.91 Å². The lowest BCUT2D eigenvalue weighted by atomic mass is 10.2. The molecular formula is C13H11BrN2O3. The van der Waals surface area contributed by atoms with Crippen LogP contribution in [0.4, 0.5) is 5.69 Å². The molecule has 0 aliphatic rings. The number of pyridine rings is 1. The molecule has 98 valence electrons. The summed E-state index contributed by atoms with van der Waals surface area (Å²) in [7, 11) is 0. The molecular weight excluding hydrogens is 312 g/mol. The average Bonchev–Trinajstić information content (AvgIpc) is 2.34. The van der Waals surface area contributed by atoms with Crippen molar-refractivity contribution in [3.05, 3.63) is 56.2 Å². The van der Waals surface area contributed by atoms with Crippen LogP contribution in [0.1, 0.15) is 11.1 Å². The Morgan fingerprint density at radius 1 is 1.26 bits per heavy atom. The van der Waals surface area contributed by atoms with Crippen LogP contribution >= 0.6 is 15.9 Å². The average molecular weight is 323 g/mol. The number of nitrogens with zero attached hydrogens (tertiary/aromatic N) is 2. The number of halogens is 1. The monoisotopic (exact) mass is 322 g/mol. The zero-order valence-corrected chi connectivity index (χ0v) is 12.0. The number of aryl methyl sites for hydroxylation is 2. The Hall–Kier alpha value is -1.95. The van der Waals surface area contributed by atoms with Crippen LogP contribution in [0.5, 0.6) is 11.6 Å². The van der Waals surface area contributed by atoms with E-state index in [0.717, 1.165) is 10.0 Å². The Kier molecular flexibility index (Phi) is 3.80. The van der Waals surface area contributed by atoms with E-state index in [0.29, 0.717) is 17.2 Å². The van der Waals surface area contributed by atoms with Crippen molar-refractivity contribution in [1.82, 2.24) is 4.98 Å². The van der Waals surface area contributed by atoms with Gasteiger partial charge in [0.05, 0.1) is 4.92 Å². The second-order valence-electron chi connectivity index (χ2n) is 4.08. The molecule has 0 unspecified atom stereocenters. The van der Waals surface area contributed by atoms with E-state index in [-0.39, 0.29) is 5.69 Å². The summed E-state index contributed by atoms with van der Waals surface area (Å²) >= 11 is 3.33. The molecule has 19 heavy (non-hydrogen) atoms. The minimum absolute atomic E-state index is 0.0466. The predicted molar refractivity (Wildman–Crippen MR) is 74.6 cm³/mol. The molecule has 0 radical (unpaired) electrons. The van der Waals surface area contributed by atoms with Crippen LogP contribution in [0.25, 0.3) is 0 Å². The lowest BCUT2D eigenvalue weighted by Gasteiger charge is -2.09. The van der Waals surface area contributed by atoms with Crippen molar-refractivity contribution in [3.63, 3.8) is 0 Å². The first kappa shape index (κ1) is 13.5. The third kappa shape index (κ3) is 3.08. The Morgan fingerprint density at radius 3 is 2.58 bits per heavy atom. The molecule has 2 aromatic rings. The molecule has 0 aliphatic carbocycles. The number of nitro groups is 1. The van der Waals surface area contributed by atoms with Crippen molar-refractivity contribution >= 4 is 21.6 Å². The van der Waals surface area contributed by atoms with Crippen molar-refractivity contribution in [2.45, 2.75) is 13.8 Å². The molecule has 0 aliphatic heterocycles. The molecule has 1 heterocycles. The summed E-state index contributed by atoms with van der Waals surface area (Å²) < 4.78 is 6.55. The molecule has 0 fully saturated rings. The fourth-order valence-corrected chi connectivity index (χ4v) is 2.05. The third-order valence-corrected chi connectivity index (χ3v) is 3.01. The van der Waals surface area contributed by atoms with E-state index in [1.165, 1.54) is 12.1 Å². The fourth-order valence-electron chi connectivity index (χ4n) is 1.60. The zero-order chi connectivity index (χ0) is 14.0. The van der Waals surface area contributed by atoms with Gasteiger partial charge in [0.15, 0.2) is 0 Å². The number of ether oxygens (including phenoxy) is 1. The van der Waals surface area contributed by atoms with Gasteiger partial charge in [0, 0.05) is 28.4 Å². The van der Waals surface area contributed by atoms with Gasteiger partial charge < -0.3 is 4.74 Å². The normalized spacial score (nSPS) is 10.3. The number of nitro benzene ring substituents is 1. The topological polar surface area (TPSA) is 65.3 Å². The number of hydrogen-bond acceptors (Lipinski definition) is 4. The highest BCUT2D eigenvalue weighted by atomic mass is 79.9. The number of benzene rings is 1. The Balaban J connectivity index is 2.31. The van der Waals surface area contributed by atoms with Gasteiger partial charge in [-0.25, -0.2) is 4.98 Å². The van der Waals surface area contributed by atoms with Gasteiger partial charge in [0.1, 0.15) is 5.75 Å². The van der Waals surface area contributed by atoms with Crippen LogP contribution in [0.3, 0.4) is 0 Å². The van der Waals surface area contributed by atoms with E-state index in [2.05, 4.69) is 20.9 Å². The quantitative estimate of drug-likeness (QED) is 0.628. The zero-order valence-electron chi connectivity index (χ0n) is 10.4. The van der Waals surface area contributed by atoms with E-state index in [9.17, 15) is 10.1 Å². The van der Waals surface area contributed by atoms with Gasteiger partial charge in [-0.3, -0.25) is 10.1 Å². The maximum absolute atomic E-state index is 10.7. The Labute approximate surface area is 118 Å². The van der Waals surface area contributed by atoms with Gasteiger partial charge in [-0.2, -0.15) is 0 Å². The highest BCUT2D eigenvalue weighted by Crippen LogP contribution is 2.29. The summed E-state index contributed by atoms with van der Waals surface area (Å²) in [6.45, 7) is 3.64. The van der Waals surface area contributed by atoms with E-state index in [1.807, 2.05) is 13.0 Å². The smallest absolute Gasteiger partial charge is 0.269 e. The van der Waals surface area contributed by atoms with Crippen molar-refractivity contribution in [2.24, 2.45) is 0 Å². The number of aromatic nitrogens is 1. The lowest BCUT2D eigenvalue weighted by Crippen LogP contribution is -1.94. The SMILES string of the molecule is Cc1cc([N+](=O)[O-])ccc1Oc1ncc(Br)cc1C. The van der Waals surface area contributed by atoms with Gasteiger partial charge in [-0.1, -0.05) is 0 Å². The van der Waals surface area contributed by atoms with E-state index >= 15 is 0 Å². The predicted octanol–water partition coefficient (Wildman–Crippen LogP) is 4.16. The second-order valence-corrected chi connectivity index (χ2v) is 5.00. The molecule has 1 aromatic heterocycles. The molecule has 1 aromatic carbocycles. The minimum atomic E-state index is -0.431. The Morgan fingerprint density at radius 2 is 2.00 bits per heavy atom. The molecule has 0 amide bonds. The first-order valence-electron chi connectivity index (χ1n) is 5.52. The Bertz CT molecular complexity index is 644. The van der Waals surface area contributed by atoms with Gasteiger partial charge in [-0.05, 0) is 47.5 Å². The van der Waals surface area contributed by atoms with Crippen LogP contribution in [0, 0.1) is 24.0 Å². The van der Waals surface area contributed by atoms with E-state index in [1.54, 1.807) is 19.2 Å². The van der Waals surface area contributed by atoms with Crippen LogP contribution in [-0.2, 0) is 0 Å². The highest BCUT2D eigenvalue weighted by Gasteiger charge is 2.11. The largest absolute Gasteiger partial charge is 0.438 e. The number of rotatable bonds is 3. The van der Waals surface area contributed by atoms with Crippen molar-refractivity contribution in [3.8, 4) is 11.6 Å². The van der Waals surface area contributed by atoms with Gasteiger partial charge in [0.2, 0.25) is 5.88 Å². The molecule has 6 heteroatoms. The summed E-state index contributed by atoms with van der Waals surface area (Å²) in [6, 6.07) is 6.36. The molecule has 2 rings (SSSR count). The lowest BCUT2D eigenvalue weighted by molar-refractivity contribution is -0.384. The molecule has 0 atom stereocenters. The molecule has 0 N–H and O–H groups in total. The maximum Gasteiger partial charge on any atom is 0.269 e. The van der Waals surface area contributed by atoms with Gasteiger partial charge in [0.25, 0.3) is 5.69 Å². The maximum atomic E-state index is 10.7. The first-order valence-corrected chi connectivity index (χ1v) is 6.31. The summed E-state index contributed by atoms with van der Waals surface area (Å²) in [5, 5.41) is 10.7. The molecule has 0 saturated heterocycles. The van der Waals surface area contributed by atoms with Gasteiger partial charge >= 0.3 is 0 Å². The summed E-state index contributed by atoms with van der Waals surface area (Å²) in [5.41, 5.74) is 1.62. The van der Waals surface area contributed by atoms with Crippen molar-refractivity contribution in [1.29, 1.82) is 0 Å². The molecule has 0 bridgehead atoms. The summed E-state index contributed by atoms with van der Waals surface area (Å²) in [6.07, 6.45) is 1.64. The van der Waals surface area contributed by atoms with Crippen LogP contribution in [0.2, 0.25) is 0 Å². The summed E-state index contributed by atoms with van der Waals surface area (Å²) in [5.74, 6) is 1.05. The molecule has 0 spiro atoms. The fraction of sp³-hybridized carbons (Fsp3) is 0.154. The first-order chi connectivity index (χ1) is 8.97.